The first kappa shape index (κ1) is 23.1. The molecule has 3 saturated carbocycles. The van der Waals surface area contributed by atoms with Gasteiger partial charge in [0.2, 0.25) is 0 Å². The maximum Gasteiger partial charge on any atom is 0.164 e. The maximum atomic E-state index is 14.1. The number of anilines is 1. The van der Waals surface area contributed by atoms with Gasteiger partial charge in [0.05, 0.1) is 11.9 Å². The van der Waals surface area contributed by atoms with Crippen molar-refractivity contribution in [2.24, 2.45) is 17.8 Å². The fraction of sp³-hybridized carbons (Fsp3) is 0.433. The number of hydrogen-bond donors (Lipinski definition) is 2. The molecule has 7 rings (SSSR count). The van der Waals surface area contributed by atoms with Gasteiger partial charge >= 0.3 is 0 Å². The lowest BCUT2D eigenvalue weighted by Crippen LogP contribution is -2.47. The molecule has 36 heavy (non-hydrogen) atoms. The summed E-state index contributed by atoms with van der Waals surface area (Å²) in [5.74, 6) is 3.13. The Kier molecular flexibility index (Phi) is 5.58. The molecule has 0 radical (unpaired) electrons. The molecule has 2 N–H and O–H groups in total. The molecule has 1 aromatic carbocycles. The molecule has 0 aliphatic heterocycles. The van der Waals surface area contributed by atoms with E-state index in [-0.39, 0.29) is 11.2 Å². The molecule has 3 aliphatic rings. The second-order valence-corrected chi connectivity index (χ2v) is 11.7. The molecule has 0 saturated heterocycles. The Morgan fingerprint density at radius 2 is 1.69 bits per heavy atom. The summed E-state index contributed by atoms with van der Waals surface area (Å²) in [7, 11) is 0. The van der Waals surface area contributed by atoms with Crippen LogP contribution < -0.4 is 5.32 Å². The quantitative estimate of drug-likeness (QED) is 0.318. The number of nitrogens with zero attached hydrogens (tertiary/aromatic N) is 3. The van der Waals surface area contributed by atoms with Crippen molar-refractivity contribution in [1.29, 1.82) is 0 Å². The van der Waals surface area contributed by atoms with Gasteiger partial charge in [-0.25, -0.2) is 19.3 Å². The minimum Gasteiger partial charge on any atom is -0.367 e. The molecule has 3 heterocycles. The first-order valence-electron chi connectivity index (χ1n) is 13.2. The van der Waals surface area contributed by atoms with Gasteiger partial charge in [-0.3, -0.25) is 0 Å². The molecule has 0 amide bonds. The van der Waals surface area contributed by atoms with Gasteiger partial charge in [-0.05, 0) is 60.5 Å². The largest absolute Gasteiger partial charge is 0.367 e. The zero-order chi connectivity index (χ0) is 25.0. The highest BCUT2D eigenvalue weighted by Crippen LogP contribution is 2.46. The molecule has 5 nitrogen and oxygen atoms in total. The van der Waals surface area contributed by atoms with E-state index in [2.05, 4.69) is 73.3 Å². The third kappa shape index (κ3) is 4.16. The van der Waals surface area contributed by atoms with Crippen molar-refractivity contribution in [3.8, 4) is 22.6 Å². The van der Waals surface area contributed by atoms with E-state index < -0.39 is 0 Å². The van der Waals surface area contributed by atoms with E-state index in [9.17, 15) is 4.39 Å². The Bertz CT molecular complexity index is 1390. The van der Waals surface area contributed by atoms with Crippen molar-refractivity contribution in [1.82, 2.24) is 19.9 Å². The fourth-order valence-electron chi connectivity index (χ4n) is 6.27. The highest BCUT2D eigenvalue weighted by atomic mass is 19.1. The number of pyridine rings is 1. The van der Waals surface area contributed by atoms with Crippen LogP contribution in [-0.4, -0.2) is 26.0 Å². The molecule has 2 atom stereocenters. The van der Waals surface area contributed by atoms with Gasteiger partial charge in [0.25, 0.3) is 0 Å². The van der Waals surface area contributed by atoms with Crippen LogP contribution in [0.1, 0.15) is 58.9 Å². The van der Waals surface area contributed by atoms with Crippen LogP contribution in [0.5, 0.6) is 0 Å². The van der Waals surface area contributed by atoms with Gasteiger partial charge in [-0.15, -0.1) is 0 Å². The zero-order valence-electron chi connectivity index (χ0n) is 21.5. The van der Waals surface area contributed by atoms with Crippen LogP contribution in [0.3, 0.4) is 0 Å². The molecule has 3 fully saturated rings. The van der Waals surface area contributed by atoms with Crippen molar-refractivity contribution < 1.29 is 4.39 Å². The summed E-state index contributed by atoms with van der Waals surface area (Å²) in [6.45, 7) is 9.04. The lowest BCUT2D eigenvalue weighted by Gasteiger charge is -2.47. The monoisotopic (exact) mass is 483 g/mol. The first-order chi connectivity index (χ1) is 17.3. The summed E-state index contributed by atoms with van der Waals surface area (Å²) < 4.78 is 14.1. The van der Waals surface area contributed by atoms with E-state index in [4.69, 9.17) is 9.97 Å². The highest BCUT2D eigenvalue weighted by molar-refractivity contribution is 5.92. The van der Waals surface area contributed by atoms with E-state index >= 15 is 0 Å². The number of aromatic amines is 1. The molecule has 2 bridgehead atoms. The first-order valence-corrected chi connectivity index (χ1v) is 13.2. The number of nitrogens with one attached hydrogen (secondary N) is 2. The number of hydrogen-bond acceptors (Lipinski definition) is 4. The summed E-state index contributed by atoms with van der Waals surface area (Å²) in [6.07, 6.45) is 8.33. The number of fused-ring (bicyclic) bond motifs is 4. The van der Waals surface area contributed by atoms with Crippen LogP contribution in [0.2, 0.25) is 0 Å². The molecule has 3 aromatic heterocycles. The molecular formula is C30H34FN5. The van der Waals surface area contributed by atoms with E-state index in [0.717, 1.165) is 28.6 Å². The summed E-state index contributed by atoms with van der Waals surface area (Å²) in [4.78, 5) is 17.3. The minimum atomic E-state index is -0.373. The Labute approximate surface area is 212 Å². The lowest BCUT2D eigenvalue weighted by atomic mass is 9.62. The highest BCUT2D eigenvalue weighted by Gasteiger charge is 2.41. The van der Waals surface area contributed by atoms with Crippen LogP contribution in [0, 0.1) is 23.6 Å². The lowest BCUT2D eigenvalue weighted by molar-refractivity contribution is 0.0928. The van der Waals surface area contributed by atoms with Crippen molar-refractivity contribution >= 4 is 16.9 Å². The molecular weight excluding hydrogens is 449 g/mol. The van der Waals surface area contributed by atoms with E-state index in [0.29, 0.717) is 34.7 Å². The topological polar surface area (TPSA) is 66.5 Å². The number of rotatable bonds is 4. The second-order valence-electron chi connectivity index (χ2n) is 11.7. The van der Waals surface area contributed by atoms with Crippen LogP contribution in [0.4, 0.5) is 10.2 Å². The number of halogens is 1. The smallest absolute Gasteiger partial charge is 0.164 e. The maximum absolute atomic E-state index is 14.1. The Morgan fingerprint density at radius 3 is 2.39 bits per heavy atom. The van der Waals surface area contributed by atoms with Crippen LogP contribution >= 0.6 is 0 Å². The third-order valence-corrected chi connectivity index (χ3v) is 8.46. The molecule has 3 aliphatic carbocycles. The van der Waals surface area contributed by atoms with Gasteiger partial charge in [-0.2, -0.15) is 0 Å². The molecule has 0 spiro atoms. The van der Waals surface area contributed by atoms with Crippen LogP contribution in [0.15, 0.2) is 48.8 Å². The standard InChI is InChI=1S/C30H34FN5/c1-17-18-5-7-20(8-6-18)27(17)35-26-14-25(19-9-11-21(12-10-19)30(2,3)4)34-29(36-26)24-16-33-28-23(24)13-22(31)15-32-28/h9-18,20,27H,5-8H2,1-4H3,(H,32,33)(H,34,35,36). The van der Waals surface area contributed by atoms with E-state index in [1.54, 1.807) is 0 Å². The van der Waals surface area contributed by atoms with Crippen molar-refractivity contribution in [3.05, 3.63) is 60.2 Å². The number of H-pyrrole nitrogens is 1. The predicted molar refractivity (Wildman–Crippen MR) is 143 cm³/mol. The van der Waals surface area contributed by atoms with Gasteiger partial charge < -0.3 is 10.3 Å². The Balaban J connectivity index is 1.44. The second kappa shape index (κ2) is 8.68. The Hall–Kier alpha value is -3.28. The number of benzene rings is 1. The van der Waals surface area contributed by atoms with Gasteiger partial charge in [-0.1, -0.05) is 52.0 Å². The summed E-state index contributed by atoms with van der Waals surface area (Å²) >= 11 is 0. The predicted octanol–water partition coefficient (Wildman–Crippen LogP) is 7.36. The molecule has 4 aromatic rings. The summed E-state index contributed by atoms with van der Waals surface area (Å²) in [6, 6.07) is 12.6. The fourth-order valence-corrected chi connectivity index (χ4v) is 6.27. The zero-order valence-corrected chi connectivity index (χ0v) is 21.5. The van der Waals surface area contributed by atoms with Crippen molar-refractivity contribution in [3.63, 3.8) is 0 Å². The van der Waals surface area contributed by atoms with Crippen LogP contribution in [-0.2, 0) is 5.41 Å². The average molecular weight is 484 g/mol. The minimum absolute atomic E-state index is 0.0830. The van der Waals surface area contributed by atoms with Crippen LogP contribution in [0.25, 0.3) is 33.7 Å². The molecule has 2 unspecified atom stereocenters. The van der Waals surface area contributed by atoms with Gasteiger partial charge in [0.15, 0.2) is 5.82 Å². The van der Waals surface area contributed by atoms with Crippen molar-refractivity contribution in [2.45, 2.75) is 64.8 Å². The Morgan fingerprint density at radius 1 is 0.972 bits per heavy atom. The summed E-state index contributed by atoms with van der Waals surface area (Å²) in [5.41, 5.74) is 4.64. The molecule has 6 heteroatoms. The summed E-state index contributed by atoms with van der Waals surface area (Å²) in [5, 5.41) is 4.50. The van der Waals surface area contributed by atoms with Gasteiger partial charge in [0, 0.05) is 34.8 Å². The van der Waals surface area contributed by atoms with E-state index in [1.807, 2.05) is 6.20 Å². The van der Waals surface area contributed by atoms with E-state index in [1.165, 1.54) is 43.5 Å². The normalized spacial score (nSPS) is 23.8. The van der Waals surface area contributed by atoms with Crippen molar-refractivity contribution in [2.75, 3.05) is 5.32 Å². The number of aromatic nitrogens is 4. The average Bonchev–Trinajstić information content (AvgIpc) is 3.29. The molecule has 186 valence electrons. The van der Waals surface area contributed by atoms with Gasteiger partial charge in [0.1, 0.15) is 17.3 Å². The third-order valence-electron chi connectivity index (χ3n) is 8.46. The SMILES string of the molecule is CC1C2CCC(CC2)C1Nc1cc(-c2ccc(C(C)(C)C)cc2)nc(-c2c[nH]c3ncc(F)cc23)n1.